The van der Waals surface area contributed by atoms with Crippen molar-refractivity contribution in [2.45, 2.75) is 51.7 Å². The Morgan fingerprint density at radius 1 is 1.59 bits per heavy atom. The SMILES string of the molecule is CCCn1cncc1CNC1CCCC1C#N. The van der Waals surface area contributed by atoms with Crippen molar-refractivity contribution in [3.05, 3.63) is 18.2 Å². The van der Waals surface area contributed by atoms with Crippen LogP contribution in [0.3, 0.4) is 0 Å². The van der Waals surface area contributed by atoms with Crippen LogP contribution in [-0.4, -0.2) is 15.6 Å². The van der Waals surface area contributed by atoms with Gasteiger partial charge in [0.25, 0.3) is 0 Å². The summed E-state index contributed by atoms with van der Waals surface area (Å²) in [5.41, 5.74) is 1.22. The van der Waals surface area contributed by atoms with Crippen molar-refractivity contribution in [2.24, 2.45) is 5.92 Å². The molecule has 92 valence electrons. The first-order valence-electron chi connectivity index (χ1n) is 6.47. The summed E-state index contributed by atoms with van der Waals surface area (Å²) in [5.74, 6) is 0.192. The molecule has 1 aromatic rings. The number of aryl methyl sites for hydroxylation is 1. The molecule has 0 spiro atoms. The molecule has 0 aliphatic heterocycles. The van der Waals surface area contributed by atoms with Gasteiger partial charge in [-0.15, -0.1) is 0 Å². The van der Waals surface area contributed by atoms with Crippen molar-refractivity contribution in [3.63, 3.8) is 0 Å². The summed E-state index contributed by atoms with van der Waals surface area (Å²) in [5, 5.41) is 12.5. The van der Waals surface area contributed by atoms with E-state index in [0.717, 1.165) is 32.4 Å². The molecule has 1 aliphatic rings. The maximum absolute atomic E-state index is 9.02. The van der Waals surface area contributed by atoms with Crippen molar-refractivity contribution in [2.75, 3.05) is 0 Å². The van der Waals surface area contributed by atoms with Crippen LogP contribution in [0.5, 0.6) is 0 Å². The highest BCUT2D eigenvalue weighted by Crippen LogP contribution is 2.25. The zero-order valence-corrected chi connectivity index (χ0v) is 10.4. The highest BCUT2D eigenvalue weighted by Gasteiger charge is 2.26. The van der Waals surface area contributed by atoms with Gasteiger partial charge in [0.1, 0.15) is 0 Å². The minimum absolute atomic E-state index is 0.192. The number of nitriles is 1. The van der Waals surface area contributed by atoms with Gasteiger partial charge in [-0.25, -0.2) is 4.98 Å². The second-order valence-electron chi connectivity index (χ2n) is 4.73. The largest absolute Gasteiger partial charge is 0.333 e. The van der Waals surface area contributed by atoms with Gasteiger partial charge in [0.2, 0.25) is 0 Å². The lowest BCUT2D eigenvalue weighted by Gasteiger charge is -2.16. The zero-order chi connectivity index (χ0) is 12.1. The van der Waals surface area contributed by atoms with E-state index < -0.39 is 0 Å². The second kappa shape index (κ2) is 5.83. The normalized spacial score (nSPS) is 23.8. The van der Waals surface area contributed by atoms with Gasteiger partial charge in [0.15, 0.2) is 0 Å². The van der Waals surface area contributed by atoms with Crippen LogP contribution in [0.15, 0.2) is 12.5 Å². The average Bonchev–Trinajstić information content (AvgIpc) is 2.95. The number of imidazole rings is 1. The monoisotopic (exact) mass is 232 g/mol. The minimum atomic E-state index is 0.192. The second-order valence-corrected chi connectivity index (χ2v) is 4.73. The van der Waals surface area contributed by atoms with Crippen LogP contribution in [0.2, 0.25) is 0 Å². The summed E-state index contributed by atoms with van der Waals surface area (Å²) < 4.78 is 2.18. The molecule has 0 radical (unpaired) electrons. The molecule has 1 heterocycles. The van der Waals surface area contributed by atoms with E-state index in [1.165, 1.54) is 12.1 Å². The van der Waals surface area contributed by atoms with Crippen LogP contribution in [0.25, 0.3) is 0 Å². The van der Waals surface area contributed by atoms with E-state index >= 15 is 0 Å². The predicted octanol–water partition coefficient (Wildman–Crippen LogP) is 2.07. The van der Waals surface area contributed by atoms with Gasteiger partial charge in [-0.3, -0.25) is 0 Å². The van der Waals surface area contributed by atoms with E-state index in [2.05, 4.69) is 27.9 Å². The lowest BCUT2D eigenvalue weighted by molar-refractivity contribution is 0.454. The van der Waals surface area contributed by atoms with E-state index in [1.54, 1.807) is 0 Å². The smallest absolute Gasteiger partial charge is 0.0948 e. The summed E-state index contributed by atoms with van der Waals surface area (Å²) in [7, 11) is 0. The van der Waals surface area contributed by atoms with E-state index in [4.69, 9.17) is 5.26 Å². The number of aromatic nitrogens is 2. The molecule has 1 fully saturated rings. The minimum Gasteiger partial charge on any atom is -0.333 e. The van der Waals surface area contributed by atoms with Gasteiger partial charge in [-0.05, 0) is 19.3 Å². The number of nitrogens with zero attached hydrogens (tertiary/aromatic N) is 3. The Bertz CT molecular complexity index is 390. The van der Waals surface area contributed by atoms with Gasteiger partial charge in [-0.1, -0.05) is 13.3 Å². The topological polar surface area (TPSA) is 53.6 Å². The molecule has 4 heteroatoms. The summed E-state index contributed by atoms with van der Waals surface area (Å²) >= 11 is 0. The molecule has 1 saturated carbocycles. The molecule has 1 aromatic heterocycles. The zero-order valence-electron chi connectivity index (χ0n) is 10.4. The Morgan fingerprint density at radius 3 is 3.24 bits per heavy atom. The first-order valence-corrected chi connectivity index (χ1v) is 6.47. The van der Waals surface area contributed by atoms with E-state index in [1.807, 2.05) is 12.5 Å². The molecule has 2 unspecified atom stereocenters. The number of hydrogen-bond acceptors (Lipinski definition) is 3. The Hall–Kier alpha value is -1.34. The van der Waals surface area contributed by atoms with Gasteiger partial charge in [-0.2, -0.15) is 5.26 Å². The summed E-state index contributed by atoms with van der Waals surface area (Å²) in [4.78, 5) is 4.18. The van der Waals surface area contributed by atoms with Crippen molar-refractivity contribution >= 4 is 0 Å². The highest BCUT2D eigenvalue weighted by atomic mass is 15.1. The van der Waals surface area contributed by atoms with E-state index in [0.29, 0.717) is 6.04 Å². The van der Waals surface area contributed by atoms with Gasteiger partial charge < -0.3 is 9.88 Å². The average molecular weight is 232 g/mol. The number of nitrogens with one attached hydrogen (secondary N) is 1. The van der Waals surface area contributed by atoms with E-state index in [9.17, 15) is 0 Å². The van der Waals surface area contributed by atoms with Gasteiger partial charge >= 0.3 is 0 Å². The van der Waals surface area contributed by atoms with Crippen molar-refractivity contribution in [1.29, 1.82) is 5.26 Å². The van der Waals surface area contributed by atoms with Crippen LogP contribution in [0.1, 0.15) is 38.3 Å². The Labute approximate surface area is 103 Å². The molecular formula is C13H20N4. The fourth-order valence-electron chi connectivity index (χ4n) is 2.53. The van der Waals surface area contributed by atoms with Crippen molar-refractivity contribution in [3.8, 4) is 6.07 Å². The molecular weight excluding hydrogens is 212 g/mol. The third-order valence-corrected chi connectivity index (χ3v) is 3.49. The predicted molar refractivity (Wildman–Crippen MR) is 66.1 cm³/mol. The van der Waals surface area contributed by atoms with Crippen LogP contribution >= 0.6 is 0 Å². The molecule has 17 heavy (non-hydrogen) atoms. The molecule has 0 bridgehead atoms. The highest BCUT2D eigenvalue weighted by molar-refractivity contribution is 5.01. The van der Waals surface area contributed by atoms with Crippen LogP contribution in [0.4, 0.5) is 0 Å². The summed E-state index contributed by atoms with van der Waals surface area (Å²) in [6, 6.07) is 2.76. The van der Waals surface area contributed by atoms with Gasteiger partial charge in [0.05, 0.1) is 24.0 Å². The molecule has 0 amide bonds. The molecule has 0 saturated heterocycles. The molecule has 1 N–H and O–H groups in total. The quantitative estimate of drug-likeness (QED) is 0.845. The number of hydrogen-bond donors (Lipinski definition) is 1. The van der Waals surface area contributed by atoms with Gasteiger partial charge in [0, 0.05) is 25.3 Å². The lowest BCUT2D eigenvalue weighted by Crippen LogP contribution is -2.31. The number of rotatable bonds is 5. The molecule has 2 atom stereocenters. The lowest BCUT2D eigenvalue weighted by atomic mass is 10.1. The van der Waals surface area contributed by atoms with Crippen LogP contribution in [-0.2, 0) is 13.1 Å². The Kier molecular flexibility index (Phi) is 4.16. The maximum atomic E-state index is 9.02. The summed E-state index contributed by atoms with van der Waals surface area (Å²) in [6.07, 6.45) is 8.26. The fraction of sp³-hybridized carbons (Fsp3) is 0.692. The fourth-order valence-corrected chi connectivity index (χ4v) is 2.53. The molecule has 0 aromatic carbocycles. The Balaban J connectivity index is 1.89. The van der Waals surface area contributed by atoms with Crippen LogP contribution < -0.4 is 5.32 Å². The maximum Gasteiger partial charge on any atom is 0.0948 e. The molecule has 2 rings (SSSR count). The van der Waals surface area contributed by atoms with Crippen molar-refractivity contribution in [1.82, 2.24) is 14.9 Å². The van der Waals surface area contributed by atoms with Crippen molar-refractivity contribution < 1.29 is 0 Å². The third kappa shape index (κ3) is 2.86. The Morgan fingerprint density at radius 2 is 2.47 bits per heavy atom. The first kappa shape index (κ1) is 12.1. The van der Waals surface area contributed by atoms with E-state index in [-0.39, 0.29) is 5.92 Å². The third-order valence-electron chi connectivity index (χ3n) is 3.49. The standard InChI is InChI=1S/C13H20N4/c1-2-6-17-10-15-8-12(17)9-16-13-5-3-4-11(13)7-14/h8,10-11,13,16H,2-6,9H2,1H3. The first-order chi connectivity index (χ1) is 8.35. The molecule has 1 aliphatic carbocycles. The summed E-state index contributed by atoms with van der Waals surface area (Å²) in [6.45, 7) is 4.01. The van der Waals surface area contributed by atoms with Crippen LogP contribution in [0, 0.1) is 17.2 Å². The molecule has 4 nitrogen and oxygen atoms in total.